The fraction of sp³-hybridized carbons (Fsp3) is 0.235. The van der Waals surface area contributed by atoms with Crippen molar-refractivity contribution in [3.8, 4) is 11.5 Å². The molecular weight excluding hydrogens is 335 g/mol. The van der Waals surface area contributed by atoms with Crippen molar-refractivity contribution in [3.05, 3.63) is 47.2 Å². The summed E-state index contributed by atoms with van der Waals surface area (Å²) in [5.74, 6) is 0.571. The van der Waals surface area contributed by atoms with E-state index in [0.717, 1.165) is 11.8 Å². The van der Waals surface area contributed by atoms with Gasteiger partial charge in [-0.05, 0) is 37.3 Å². The maximum absolute atomic E-state index is 13.0. The number of halogens is 2. The second kappa shape index (κ2) is 6.97. The molecule has 2 N–H and O–H groups in total. The summed E-state index contributed by atoms with van der Waals surface area (Å²) < 4.78 is 24.0. The summed E-state index contributed by atoms with van der Waals surface area (Å²) in [6.07, 6.45) is 0. The Hall–Kier alpha value is -2.47. The highest BCUT2D eigenvalue weighted by molar-refractivity contribution is 6.33. The van der Waals surface area contributed by atoms with Crippen molar-refractivity contribution in [2.75, 3.05) is 23.8 Å². The number of ether oxygens (including phenoxy) is 2. The summed E-state index contributed by atoms with van der Waals surface area (Å²) in [5, 5.41) is 5.89. The number of fused-ring (bicyclic) bond motifs is 1. The lowest BCUT2D eigenvalue weighted by atomic mass is 10.2. The number of carbonyl (C=O) groups excluding carboxylic acids is 1. The van der Waals surface area contributed by atoms with Crippen molar-refractivity contribution in [3.63, 3.8) is 0 Å². The lowest BCUT2D eigenvalue weighted by Crippen LogP contribution is -2.32. The van der Waals surface area contributed by atoms with Gasteiger partial charge in [-0.25, -0.2) is 4.39 Å². The van der Waals surface area contributed by atoms with Crippen LogP contribution in [-0.4, -0.2) is 25.2 Å². The SMILES string of the molecule is CC(Nc1ccc2c(c1)OCCO2)C(=O)Nc1ccc(F)cc1Cl. The van der Waals surface area contributed by atoms with Crippen molar-refractivity contribution in [1.82, 2.24) is 0 Å². The molecule has 1 heterocycles. The molecular formula is C17H16ClFN2O3. The largest absolute Gasteiger partial charge is 0.486 e. The zero-order valence-corrected chi connectivity index (χ0v) is 13.7. The van der Waals surface area contributed by atoms with E-state index < -0.39 is 11.9 Å². The molecule has 1 aliphatic heterocycles. The van der Waals surface area contributed by atoms with Gasteiger partial charge in [-0.15, -0.1) is 0 Å². The average Bonchev–Trinajstić information content (AvgIpc) is 2.57. The molecule has 1 amide bonds. The van der Waals surface area contributed by atoms with E-state index in [2.05, 4.69) is 10.6 Å². The third-order valence-electron chi connectivity index (χ3n) is 3.51. The summed E-state index contributed by atoms with van der Waals surface area (Å²) >= 11 is 5.91. The molecule has 0 aromatic heterocycles. The first-order valence-corrected chi connectivity index (χ1v) is 7.83. The van der Waals surface area contributed by atoms with E-state index in [4.69, 9.17) is 21.1 Å². The highest BCUT2D eigenvalue weighted by Gasteiger charge is 2.17. The van der Waals surface area contributed by atoms with E-state index in [1.54, 1.807) is 19.1 Å². The van der Waals surface area contributed by atoms with Gasteiger partial charge in [-0.1, -0.05) is 11.6 Å². The molecule has 24 heavy (non-hydrogen) atoms. The van der Waals surface area contributed by atoms with Gasteiger partial charge >= 0.3 is 0 Å². The van der Waals surface area contributed by atoms with E-state index in [-0.39, 0.29) is 10.9 Å². The molecule has 5 nitrogen and oxygen atoms in total. The van der Waals surface area contributed by atoms with E-state index in [9.17, 15) is 9.18 Å². The number of hydrogen-bond donors (Lipinski definition) is 2. The van der Waals surface area contributed by atoms with Crippen LogP contribution < -0.4 is 20.1 Å². The Morgan fingerprint density at radius 2 is 1.92 bits per heavy atom. The number of anilines is 2. The zero-order valence-electron chi connectivity index (χ0n) is 12.9. The normalized spacial score (nSPS) is 14.0. The summed E-state index contributed by atoms with van der Waals surface area (Å²) in [6, 6.07) is 8.65. The molecule has 0 radical (unpaired) electrons. The van der Waals surface area contributed by atoms with Gasteiger partial charge in [0.15, 0.2) is 11.5 Å². The molecule has 2 aromatic carbocycles. The predicted molar refractivity (Wildman–Crippen MR) is 90.6 cm³/mol. The molecule has 1 aliphatic rings. The van der Waals surface area contributed by atoms with Crippen LogP contribution in [0.15, 0.2) is 36.4 Å². The minimum absolute atomic E-state index is 0.148. The van der Waals surface area contributed by atoms with Gasteiger partial charge in [-0.2, -0.15) is 0 Å². The molecule has 0 bridgehead atoms. The minimum Gasteiger partial charge on any atom is -0.486 e. The lowest BCUT2D eigenvalue weighted by molar-refractivity contribution is -0.116. The molecule has 1 atom stereocenters. The molecule has 0 saturated heterocycles. The van der Waals surface area contributed by atoms with Crippen LogP contribution in [0.5, 0.6) is 11.5 Å². The van der Waals surface area contributed by atoms with Crippen LogP contribution in [-0.2, 0) is 4.79 Å². The fourth-order valence-corrected chi connectivity index (χ4v) is 2.49. The minimum atomic E-state index is -0.534. The Morgan fingerprint density at radius 1 is 1.17 bits per heavy atom. The Morgan fingerprint density at radius 3 is 2.67 bits per heavy atom. The first-order valence-electron chi connectivity index (χ1n) is 7.45. The van der Waals surface area contributed by atoms with Crippen molar-refractivity contribution in [1.29, 1.82) is 0 Å². The van der Waals surface area contributed by atoms with Gasteiger partial charge in [0.05, 0.1) is 10.7 Å². The molecule has 1 unspecified atom stereocenters. The van der Waals surface area contributed by atoms with Gasteiger partial charge in [0.2, 0.25) is 5.91 Å². The quantitative estimate of drug-likeness (QED) is 0.883. The molecule has 0 saturated carbocycles. The monoisotopic (exact) mass is 350 g/mol. The smallest absolute Gasteiger partial charge is 0.246 e. The van der Waals surface area contributed by atoms with Crippen LogP contribution in [0.25, 0.3) is 0 Å². The second-order valence-corrected chi connectivity index (χ2v) is 5.75. The Labute approximate surface area is 143 Å². The average molecular weight is 351 g/mol. The number of hydrogen-bond acceptors (Lipinski definition) is 4. The second-order valence-electron chi connectivity index (χ2n) is 5.34. The van der Waals surface area contributed by atoms with Crippen LogP contribution >= 0.6 is 11.6 Å². The Kier molecular flexibility index (Phi) is 4.76. The van der Waals surface area contributed by atoms with Crippen LogP contribution in [0, 0.1) is 5.82 Å². The number of carbonyl (C=O) groups is 1. The van der Waals surface area contributed by atoms with E-state index >= 15 is 0 Å². The summed E-state index contributed by atoms with van der Waals surface area (Å²) in [7, 11) is 0. The van der Waals surface area contributed by atoms with Crippen molar-refractivity contribution in [2.45, 2.75) is 13.0 Å². The summed E-state index contributed by atoms with van der Waals surface area (Å²) in [6.45, 7) is 2.73. The van der Waals surface area contributed by atoms with Gasteiger partial charge in [0.25, 0.3) is 0 Å². The third kappa shape index (κ3) is 3.71. The number of amides is 1. The first-order chi connectivity index (χ1) is 11.5. The van der Waals surface area contributed by atoms with Crippen LogP contribution in [0.1, 0.15) is 6.92 Å². The highest BCUT2D eigenvalue weighted by Crippen LogP contribution is 2.32. The predicted octanol–water partition coefficient (Wildman–Crippen LogP) is 3.69. The molecule has 0 fully saturated rings. The van der Waals surface area contributed by atoms with Gasteiger partial charge < -0.3 is 20.1 Å². The maximum atomic E-state index is 13.0. The number of nitrogens with one attached hydrogen (secondary N) is 2. The lowest BCUT2D eigenvalue weighted by Gasteiger charge is -2.20. The summed E-state index contributed by atoms with van der Waals surface area (Å²) in [4.78, 5) is 12.3. The zero-order chi connectivity index (χ0) is 17.1. The Balaban J connectivity index is 1.65. The van der Waals surface area contributed by atoms with Gasteiger partial charge in [-0.3, -0.25) is 4.79 Å². The first kappa shape index (κ1) is 16.4. The number of rotatable bonds is 4. The topological polar surface area (TPSA) is 59.6 Å². The molecule has 0 aliphatic carbocycles. The fourth-order valence-electron chi connectivity index (χ4n) is 2.28. The third-order valence-corrected chi connectivity index (χ3v) is 3.82. The van der Waals surface area contributed by atoms with Crippen molar-refractivity contribution < 1.29 is 18.7 Å². The number of benzene rings is 2. The van der Waals surface area contributed by atoms with Gasteiger partial charge in [0, 0.05) is 11.8 Å². The van der Waals surface area contributed by atoms with E-state index in [1.807, 2.05) is 6.07 Å². The van der Waals surface area contributed by atoms with Crippen LogP contribution in [0.3, 0.4) is 0 Å². The molecule has 126 valence electrons. The van der Waals surface area contributed by atoms with Crippen molar-refractivity contribution >= 4 is 28.9 Å². The van der Waals surface area contributed by atoms with Crippen molar-refractivity contribution in [2.24, 2.45) is 0 Å². The van der Waals surface area contributed by atoms with E-state index in [0.29, 0.717) is 30.4 Å². The summed E-state index contributed by atoms with van der Waals surface area (Å²) in [5.41, 5.74) is 1.09. The maximum Gasteiger partial charge on any atom is 0.246 e. The Bertz CT molecular complexity index is 769. The van der Waals surface area contributed by atoms with E-state index in [1.165, 1.54) is 12.1 Å². The standard InChI is InChI=1S/C17H16ClFN2O3/c1-10(17(22)21-14-4-2-11(19)8-13(14)18)20-12-3-5-15-16(9-12)24-7-6-23-15/h2-5,8-10,20H,6-7H2,1H3,(H,21,22). The molecule has 3 rings (SSSR count). The highest BCUT2D eigenvalue weighted by atomic mass is 35.5. The van der Waals surface area contributed by atoms with Gasteiger partial charge in [0.1, 0.15) is 25.1 Å². The molecule has 7 heteroatoms. The molecule has 2 aromatic rings. The van der Waals surface area contributed by atoms with Crippen LogP contribution in [0.4, 0.5) is 15.8 Å². The van der Waals surface area contributed by atoms with Crippen LogP contribution in [0.2, 0.25) is 5.02 Å². The molecule has 0 spiro atoms.